The first kappa shape index (κ1) is 53.2. The van der Waals surface area contributed by atoms with E-state index in [1.165, 1.54) is 4.57 Å². The Bertz CT molecular complexity index is 8630. The monoisotopic (exact) mass is 1560 g/mol. The molecule has 3 aliphatic rings. The highest BCUT2D eigenvalue weighted by atomic mass is 15.2. The minimum absolute atomic E-state index is 0.0845. The molecule has 0 aliphatic carbocycles. The molecule has 0 saturated heterocycles. The van der Waals surface area contributed by atoms with Crippen LogP contribution in [0.25, 0.3) is 160 Å². The molecule has 3 aromatic heterocycles. The van der Waals surface area contributed by atoms with E-state index in [2.05, 4.69) is 247 Å². The first-order valence-electron chi connectivity index (χ1n) is 50.8. The van der Waals surface area contributed by atoms with E-state index in [9.17, 15) is 23.3 Å². The van der Waals surface area contributed by atoms with Crippen molar-refractivity contribution in [3.05, 3.63) is 386 Å². The summed E-state index contributed by atoms with van der Waals surface area (Å²) in [4.78, 5) is 4.68. The summed E-state index contributed by atoms with van der Waals surface area (Å²) in [6.45, 7) is 18.9. The molecule has 0 N–H and O–H groups in total. The quantitative estimate of drug-likeness (QED) is 0.155. The van der Waals surface area contributed by atoms with Gasteiger partial charge in [0.2, 0.25) is 0 Å². The highest BCUT2D eigenvalue weighted by Gasteiger charge is 2.47. The molecule has 0 atom stereocenters. The zero-order valence-electron chi connectivity index (χ0n) is 87.5. The van der Waals surface area contributed by atoms with Gasteiger partial charge >= 0.3 is 0 Å². The number of hydrogen-bond donors (Lipinski definition) is 0. The molecule has 23 rings (SSSR count). The summed E-state index contributed by atoms with van der Waals surface area (Å²) in [5.74, 6) is 0. The van der Waals surface area contributed by atoms with Gasteiger partial charge in [-0.1, -0.05) is 292 Å². The fourth-order valence-electron chi connectivity index (χ4n) is 18.8. The van der Waals surface area contributed by atoms with Crippen LogP contribution in [-0.4, -0.2) is 20.4 Å². The molecule has 0 amide bonds. The summed E-state index contributed by atoms with van der Waals surface area (Å²) in [5.41, 5.74) is 19.3. The molecule has 5 nitrogen and oxygen atoms in total. The topological polar surface area (TPSA) is 21.3 Å². The molecular formula is C114H88BN5. The molecule has 0 saturated carbocycles. The Morgan fingerprint density at radius 2 is 0.617 bits per heavy atom. The van der Waals surface area contributed by atoms with Crippen molar-refractivity contribution in [2.24, 2.45) is 0 Å². The Labute approximate surface area is 729 Å². The van der Waals surface area contributed by atoms with Crippen LogP contribution in [0, 0.1) is 0 Å². The third-order valence-electron chi connectivity index (χ3n) is 24.7. The van der Waals surface area contributed by atoms with E-state index in [1.807, 2.05) is 78.9 Å². The van der Waals surface area contributed by atoms with Crippen molar-refractivity contribution in [2.45, 2.75) is 78.6 Å². The number of benzene rings is 17. The van der Waals surface area contributed by atoms with Gasteiger partial charge in [0.25, 0.3) is 6.71 Å². The summed E-state index contributed by atoms with van der Waals surface area (Å²) in [7, 11) is 0. The van der Waals surface area contributed by atoms with Crippen molar-refractivity contribution in [3.63, 3.8) is 0 Å². The van der Waals surface area contributed by atoms with Gasteiger partial charge in [0, 0.05) is 94.4 Å². The summed E-state index contributed by atoms with van der Waals surface area (Å²) in [6, 6.07) is 74.6. The van der Waals surface area contributed by atoms with Crippen LogP contribution in [0.2, 0.25) is 0 Å². The Morgan fingerprint density at radius 3 is 1.07 bits per heavy atom. The fourth-order valence-corrected chi connectivity index (χ4v) is 18.8. The number of hydrogen-bond acceptors (Lipinski definition) is 2. The zero-order chi connectivity index (χ0) is 98.2. The lowest BCUT2D eigenvalue weighted by Gasteiger charge is -2.47. The molecule has 6 heterocycles. The van der Waals surface area contributed by atoms with Crippen LogP contribution < -0.4 is 26.2 Å². The first-order valence-corrected chi connectivity index (χ1v) is 40.8. The number of para-hydroxylation sites is 4. The van der Waals surface area contributed by atoms with E-state index in [-0.39, 0.29) is 55.0 Å². The van der Waals surface area contributed by atoms with Gasteiger partial charge in [-0.25, -0.2) is 0 Å². The average Bonchev–Trinajstić information content (AvgIpc) is 0.940. The van der Waals surface area contributed by atoms with Crippen LogP contribution >= 0.6 is 0 Å². The summed E-state index contributed by atoms with van der Waals surface area (Å²) in [6.07, 6.45) is 0. The Kier molecular flexibility index (Phi) is 11.8. The molecule has 120 heavy (non-hydrogen) atoms. The summed E-state index contributed by atoms with van der Waals surface area (Å²) < 4.78 is 198. The lowest BCUT2D eigenvalue weighted by atomic mass is 9.33. The molecule has 17 aromatic carbocycles. The van der Waals surface area contributed by atoms with Crippen molar-refractivity contribution in [1.82, 2.24) is 13.7 Å². The van der Waals surface area contributed by atoms with Crippen LogP contribution in [0.3, 0.4) is 0 Å². The van der Waals surface area contributed by atoms with Crippen molar-refractivity contribution < 1.29 is 27.4 Å². The van der Waals surface area contributed by atoms with E-state index in [0.29, 0.717) is 39.4 Å². The van der Waals surface area contributed by atoms with E-state index >= 15 is 0 Å². The Morgan fingerprint density at radius 1 is 0.242 bits per heavy atom. The molecule has 0 radical (unpaired) electrons. The third kappa shape index (κ3) is 11.1. The van der Waals surface area contributed by atoms with Gasteiger partial charge in [-0.2, -0.15) is 0 Å². The van der Waals surface area contributed by atoms with Gasteiger partial charge in [-0.05, 0) is 244 Å². The van der Waals surface area contributed by atoms with Gasteiger partial charge in [0.15, 0.2) is 0 Å². The van der Waals surface area contributed by atoms with E-state index in [0.717, 1.165) is 122 Å². The summed E-state index contributed by atoms with van der Waals surface area (Å²) >= 11 is 0. The lowest BCUT2D eigenvalue weighted by Crippen LogP contribution is -2.61. The van der Waals surface area contributed by atoms with Crippen molar-refractivity contribution in [2.75, 3.05) is 9.80 Å². The minimum atomic E-state index is -0.877. The molecule has 0 spiro atoms. The van der Waals surface area contributed by atoms with Crippen molar-refractivity contribution >= 4 is 123 Å². The van der Waals surface area contributed by atoms with Crippen molar-refractivity contribution in [1.29, 1.82) is 0 Å². The normalized spacial score (nSPS) is 15.3. The van der Waals surface area contributed by atoms with Crippen molar-refractivity contribution in [3.8, 4) is 95.0 Å². The molecule has 13 bridgehead atoms. The predicted octanol–water partition coefficient (Wildman–Crippen LogP) is 28.9. The number of fused-ring (bicyclic) bond motifs is 26. The minimum Gasteiger partial charge on any atom is -0.310 e. The SMILES string of the molecule is [2H]c1c([2H])c([2H])c(-c2c([2H])c([2H])c3c(c2[2H])c2c([2H])c([2H])c([2H])c([2H])c2n3-c2ccc3c(c2)N2c4cc(C(C)(C)C)cc5c4B3c3ccc(-n4c6c([2H])c([2H])c([2H])c([2H])c6c6c([2H])c([2H])c([2H])c([2H])c64)cc3N5c3c(-c4ccccc4)cc(C(C)(C)C)cc3-c3cccc(c3)-c3ccc4c(c3)c3cc(ccc3n4-c3ccccc3)-c3cccc(c3)-c3cc(C(C)(C)C)cc(-c4ccccc4)c32)c([2H])c1[2H]. The third-order valence-corrected chi connectivity index (χ3v) is 24.7. The second-order valence-electron chi connectivity index (χ2n) is 35.0. The van der Waals surface area contributed by atoms with E-state index < -0.39 is 155 Å². The standard InChI is InChI=1S/C114H88BN5/c1-112(2,3)81-63-90(72-32-16-11-17-33-72)110-92(65-81)79-38-28-36-74(58-79)77-49-56-103-95(61-77)96-62-78(50-57-104(96)116(103)84-40-20-13-21-41-84)75-37-29-39-80(59-75)93-66-82(113(4,5)6)64-91(73-34-18-12-19-35-73)111(93)120-106-70-86(118-101-47-27-24-44-89(101)94-60-76(48-55-102(94)118)71-30-14-10-15-31-71)52-54-98(106)115-97-53-51-85(117-99-45-25-22-42-87(99)88-43-23-26-46-100(88)117)69-105(97)119(110)107-67-83(114(7,8)9)68-108(120)109(107)115/h10-70H,1-9H3/i10D,14D,15D,22D,23D,24D,25D,26D,27D,30D,31D,42D,43D,44D,45D,46D,47D,48D,55D,60D. The molecular weight excluding hydrogens is 1450 g/mol. The van der Waals surface area contributed by atoms with Gasteiger partial charge in [0.1, 0.15) is 0 Å². The zero-order valence-corrected chi connectivity index (χ0v) is 67.5. The largest absolute Gasteiger partial charge is 0.310 e. The van der Waals surface area contributed by atoms with Gasteiger partial charge < -0.3 is 23.5 Å². The maximum Gasteiger partial charge on any atom is 0.252 e. The number of nitrogens with zero attached hydrogens (tertiary/aromatic N) is 5. The van der Waals surface area contributed by atoms with Crippen LogP contribution in [0.15, 0.2) is 370 Å². The van der Waals surface area contributed by atoms with Gasteiger partial charge in [-0.3, -0.25) is 0 Å². The smallest absolute Gasteiger partial charge is 0.252 e. The van der Waals surface area contributed by atoms with E-state index in [1.54, 1.807) is 4.57 Å². The molecule has 0 fully saturated rings. The first-order chi connectivity index (χ1) is 66.7. The van der Waals surface area contributed by atoms with E-state index in [4.69, 9.17) is 4.11 Å². The Hall–Kier alpha value is -14.2. The van der Waals surface area contributed by atoms with Crippen LogP contribution in [0.4, 0.5) is 34.1 Å². The van der Waals surface area contributed by atoms with Crippen LogP contribution in [-0.2, 0) is 16.2 Å². The lowest BCUT2D eigenvalue weighted by molar-refractivity contribution is 0.590. The van der Waals surface area contributed by atoms with Crippen LogP contribution in [0.1, 0.15) is 106 Å². The fraction of sp³-hybridized carbons (Fsp3) is 0.105. The van der Waals surface area contributed by atoms with Gasteiger partial charge in [-0.15, -0.1) is 0 Å². The average molecular weight is 1560 g/mol. The highest BCUT2D eigenvalue weighted by molar-refractivity contribution is 7.00. The number of aromatic nitrogens is 3. The summed E-state index contributed by atoms with van der Waals surface area (Å²) in [5, 5.41) is 1.36. The maximum atomic E-state index is 10.5. The molecule has 572 valence electrons. The maximum absolute atomic E-state index is 10.5. The number of anilines is 6. The predicted molar refractivity (Wildman–Crippen MR) is 511 cm³/mol. The molecule has 20 aromatic rings. The second-order valence-corrected chi connectivity index (χ2v) is 35.0. The molecule has 3 aliphatic heterocycles. The molecule has 0 unspecified atom stereocenters. The van der Waals surface area contributed by atoms with Gasteiger partial charge in [0.05, 0.1) is 71.9 Å². The second kappa shape index (κ2) is 26.7. The highest BCUT2D eigenvalue weighted by Crippen LogP contribution is 2.57. The Balaban J connectivity index is 0.946. The number of rotatable bonds is 6. The molecule has 6 heteroatoms. The van der Waals surface area contributed by atoms with Crippen LogP contribution in [0.5, 0.6) is 0 Å².